The third kappa shape index (κ3) is 6.98. The van der Waals surface area contributed by atoms with E-state index in [1.165, 1.54) is 24.3 Å². The van der Waals surface area contributed by atoms with Crippen molar-refractivity contribution in [3.05, 3.63) is 129 Å². The molecule has 0 unspecified atom stereocenters. The standard InChI is InChI=1S/C37H30Cl2F2N4O3/c1-19-5-7-23-11-15-31(44-35(23)33(19)38)42-29-13-9-25(17-27(29)40)21(3)47-37(46)48-22(4)26-10-14-30(28(41)18-26)43-32-16-12-24-8-6-20(2)34(39)36(24)45-32/h5-18,21-22H,1-4H3,(H,42,44)(H,43,45)/t21-,22-/m0/s1. The van der Waals surface area contributed by atoms with Gasteiger partial charge in [-0.3, -0.25) is 0 Å². The van der Waals surface area contributed by atoms with E-state index in [9.17, 15) is 4.79 Å². The molecule has 0 aliphatic rings. The van der Waals surface area contributed by atoms with Crippen LogP contribution in [-0.2, 0) is 9.47 Å². The molecule has 0 saturated heterocycles. The fourth-order valence-electron chi connectivity index (χ4n) is 5.15. The van der Waals surface area contributed by atoms with Gasteiger partial charge in [-0.25, -0.2) is 23.5 Å². The molecule has 244 valence electrons. The molecule has 0 fully saturated rings. The summed E-state index contributed by atoms with van der Waals surface area (Å²) in [5.74, 6) is -0.283. The molecule has 0 amide bonds. The van der Waals surface area contributed by atoms with Crippen molar-refractivity contribution >= 4 is 74.2 Å². The van der Waals surface area contributed by atoms with E-state index in [1.807, 2.05) is 50.2 Å². The van der Waals surface area contributed by atoms with Gasteiger partial charge in [0.25, 0.3) is 0 Å². The van der Waals surface area contributed by atoms with Crippen LogP contribution < -0.4 is 10.6 Å². The molecule has 2 N–H and O–H groups in total. The van der Waals surface area contributed by atoms with Crippen molar-refractivity contribution in [1.29, 1.82) is 0 Å². The molecule has 48 heavy (non-hydrogen) atoms. The number of nitrogens with zero attached hydrogens (tertiary/aromatic N) is 2. The van der Waals surface area contributed by atoms with Gasteiger partial charge >= 0.3 is 6.16 Å². The number of fused-ring (bicyclic) bond motifs is 2. The highest BCUT2D eigenvalue weighted by Crippen LogP contribution is 2.31. The summed E-state index contributed by atoms with van der Waals surface area (Å²) in [5, 5.41) is 8.76. The minimum atomic E-state index is -0.986. The molecule has 0 bridgehead atoms. The van der Waals surface area contributed by atoms with E-state index in [2.05, 4.69) is 20.6 Å². The van der Waals surface area contributed by atoms with Gasteiger partial charge in [0.2, 0.25) is 0 Å². The van der Waals surface area contributed by atoms with Crippen molar-refractivity contribution in [1.82, 2.24) is 9.97 Å². The van der Waals surface area contributed by atoms with Gasteiger partial charge < -0.3 is 20.1 Å². The fourth-order valence-corrected chi connectivity index (χ4v) is 5.58. The minimum absolute atomic E-state index is 0.188. The third-order valence-corrected chi connectivity index (χ3v) is 8.94. The van der Waals surface area contributed by atoms with Crippen LogP contribution in [0, 0.1) is 25.5 Å². The Morgan fingerprint density at radius 1 is 0.646 bits per heavy atom. The van der Waals surface area contributed by atoms with Crippen LogP contribution in [0.2, 0.25) is 10.0 Å². The van der Waals surface area contributed by atoms with Crippen molar-refractivity contribution in [2.24, 2.45) is 0 Å². The van der Waals surface area contributed by atoms with Gasteiger partial charge in [0.15, 0.2) is 0 Å². The molecule has 2 atom stereocenters. The zero-order valence-electron chi connectivity index (χ0n) is 26.4. The summed E-state index contributed by atoms with van der Waals surface area (Å²) in [6.07, 6.45) is -2.65. The Kier molecular flexibility index (Phi) is 9.35. The smallest absolute Gasteiger partial charge is 0.426 e. The molecule has 0 aliphatic heterocycles. The van der Waals surface area contributed by atoms with Gasteiger partial charge in [-0.15, -0.1) is 0 Å². The molecule has 0 spiro atoms. The second-order valence-electron chi connectivity index (χ2n) is 11.4. The average Bonchev–Trinajstić information content (AvgIpc) is 3.06. The number of benzene rings is 4. The van der Waals surface area contributed by atoms with Crippen LogP contribution in [0.15, 0.2) is 84.9 Å². The first kappa shape index (κ1) is 32.9. The molecule has 6 aromatic rings. The van der Waals surface area contributed by atoms with Crippen LogP contribution in [0.1, 0.15) is 48.3 Å². The lowest BCUT2D eigenvalue weighted by Crippen LogP contribution is -2.14. The summed E-state index contributed by atoms with van der Waals surface area (Å²) in [7, 11) is 0. The van der Waals surface area contributed by atoms with Gasteiger partial charge in [-0.05, 0) is 98.5 Å². The summed E-state index contributed by atoms with van der Waals surface area (Å²) < 4.78 is 41.0. The number of halogens is 4. The van der Waals surface area contributed by atoms with Crippen molar-refractivity contribution in [2.75, 3.05) is 10.6 Å². The lowest BCUT2D eigenvalue weighted by Gasteiger charge is -2.18. The van der Waals surface area contributed by atoms with Gasteiger partial charge in [0.1, 0.15) is 35.5 Å². The van der Waals surface area contributed by atoms with Crippen LogP contribution >= 0.6 is 23.2 Å². The maximum absolute atomic E-state index is 15.1. The molecule has 0 radical (unpaired) electrons. The first-order valence-corrected chi connectivity index (χ1v) is 15.8. The van der Waals surface area contributed by atoms with Crippen LogP contribution in [-0.4, -0.2) is 16.1 Å². The Labute approximate surface area is 285 Å². The number of pyridine rings is 2. The predicted octanol–water partition coefficient (Wildman–Crippen LogP) is 11.4. The minimum Gasteiger partial charge on any atom is -0.426 e. The van der Waals surface area contributed by atoms with Crippen LogP contribution in [0.4, 0.5) is 36.6 Å². The van der Waals surface area contributed by atoms with E-state index < -0.39 is 30.0 Å². The highest BCUT2D eigenvalue weighted by Gasteiger charge is 2.20. The molecular formula is C37H30Cl2F2N4O3. The van der Waals surface area contributed by atoms with Crippen molar-refractivity contribution in [2.45, 2.75) is 39.9 Å². The second kappa shape index (κ2) is 13.6. The van der Waals surface area contributed by atoms with Gasteiger partial charge in [0.05, 0.1) is 32.5 Å². The van der Waals surface area contributed by atoms with Gasteiger partial charge in [-0.2, -0.15) is 0 Å². The quantitative estimate of drug-likeness (QED) is 0.154. The molecule has 2 heterocycles. The number of hydrogen-bond donors (Lipinski definition) is 2. The zero-order valence-corrected chi connectivity index (χ0v) is 27.9. The van der Waals surface area contributed by atoms with Crippen LogP contribution in [0.3, 0.4) is 0 Å². The molecule has 0 aliphatic carbocycles. The van der Waals surface area contributed by atoms with Crippen molar-refractivity contribution in [3.63, 3.8) is 0 Å². The van der Waals surface area contributed by atoms with E-state index in [4.69, 9.17) is 32.7 Å². The molecular weight excluding hydrogens is 657 g/mol. The van der Waals surface area contributed by atoms with Crippen molar-refractivity contribution in [3.8, 4) is 0 Å². The van der Waals surface area contributed by atoms with E-state index in [-0.39, 0.29) is 11.4 Å². The fraction of sp³-hybridized carbons (Fsp3) is 0.162. The molecule has 0 saturated carbocycles. The zero-order chi connectivity index (χ0) is 34.1. The Balaban J connectivity index is 1.07. The maximum atomic E-state index is 15.1. The van der Waals surface area contributed by atoms with E-state index in [0.717, 1.165) is 21.9 Å². The Morgan fingerprint density at radius 2 is 1.04 bits per heavy atom. The third-order valence-electron chi connectivity index (χ3n) is 7.98. The number of hydrogen-bond acceptors (Lipinski definition) is 7. The van der Waals surface area contributed by atoms with Gasteiger partial charge in [0, 0.05) is 10.8 Å². The van der Waals surface area contributed by atoms with Crippen LogP contribution in [0.5, 0.6) is 0 Å². The maximum Gasteiger partial charge on any atom is 0.509 e. The number of aromatic nitrogens is 2. The Morgan fingerprint density at radius 3 is 1.44 bits per heavy atom. The first-order chi connectivity index (χ1) is 23.0. The largest absolute Gasteiger partial charge is 0.509 e. The normalized spacial score (nSPS) is 12.5. The summed E-state index contributed by atoms with van der Waals surface area (Å²) in [6, 6.07) is 23.7. The number of carbonyl (C=O) groups excluding carboxylic acids is 1. The summed E-state index contributed by atoms with van der Waals surface area (Å²) in [6.45, 7) is 6.97. The number of aryl methyl sites for hydroxylation is 2. The molecule has 2 aromatic heterocycles. The van der Waals surface area contributed by atoms with Gasteiger partial charge in [-0.1, -0.05) is 59.6 Å². The topological polar surface area (TPSA) is 85.4 Å². The number of anilines is 4. The molecule has 4 aromatic carbocycles. The first-order valence-electron chi connectivity index (χ1n) is 15.1. The Hall–Kier alpha value is -4.99. The number of ether oxygens (including phenoxy) is 2. The number of rotatable bonds is 8. The summed E-state index contributed by atoms with van der Waals surface area (Å²) >= 11 is 12.8. The van der Waals surface area contributed by atoms with E-state index >= 15 is 8.78 Å². The summed E-state index contributed by atoms with van der Waals surface area (Å²) in [4.78, 5) is 21.7. The monoisotopic (exact) mass is 686 g/mol. The lowest BCUT2D eigenvalue weighted by molar-refractivity contribution is 0.00612. The lowest BCUT2D eigenvalue weighted by atomic mass is 10.1. The molecule has 7 nitrogen and oxygen atoms in total. The van der Waals surface area contributed by atoms with E-state index in [0.29, 0.717) is 43.8 Å². The molecule has 11 heteroatoms. The SMILES string of the molecule is Cc1ccc2ccc(Nc3ccc([C@H](C)OC(=O)O[C@@H](C)c4ccc(Nc5ccc6ccc(C)c(Cl)c6n5)c(F)c4)cc3F)nc2c1Cl. The molecule has 6 rings (SSSR count). The Bertz CT molecular complexity index is 2040. The predicted molar refractivity (Wildman–Crippen MR) is 187 cm³/mol. The van der Waals surface area contributed by atoms with Crippen LogP contribution in [0.25, 0.3) is 21.8 Å². The summed E-state index contributed by atoms with van der Waals surface area (Å²) in [5.41, 5.74) is 4.20. The average molecular weight is 688 g/mol. The van der Waals surface area contributed by atoms with Crippen molar-refractivity contribution < 1.29 is 23.0 Å². The highest BCUT2D eigenvalue weighted by molar-refractivity contribution is 6.36. The number of nitrogens with one attached hydrogen (secondary N) is 2. The number of carbonyl (C=O) groups is 1. The second-order valence-corrected chi connectivity index (χ2v) is 12.2. The highest BCUT2D eigenvalue weighted by atomic mass is 35.5. The van der Waals surface area contributed by atoms with E-state index in [1.54, 1.807) is 38.1 Å².